The molecule has 7 nitrogen and oxygen atoms in total. The third-order valence-corrected chi connectivity index (χ3v) is 4.95. The van der Waals surface area contributed by atoms with Crippen LogP contribution in [0.25, 0.3) is 0 Å². The minimum atomic E-state index is -3.60. The number of aromatic amines is 1. The largest absolute Gasteiger partial charge is 0.313 e. The van der Waals surface area contributed by atoms with E-state index in [1.165, 1.54) is 17.5 Å². The van der Waals surface area contributed by atoms with Crippen LogP contribution in [0.4, 0.5) is 0 Å². The average Bonchev–Trinajstić information content (AvgIpc) is 3.03. The maximum Gasteiger partial charge on any atom is 0.258 e. The lowest BCUT2D eigenvalue weighted by molar-refractivity contribution is 0.574. The molecule has 0 amide bonds. The van der Waals surface area contributed by atoms with E-state index in [-0.39, 0.29) is 11.6 Å². The Morgan fingerprint density at radius 2 is 2.15 bits per heavy atom. The molecule has 2 heterocycles. The maximum atomic E-state index is 12.2. The van der Waals surface area contributed by atoms with Crippen molar-refractivity contribution in [2.24, 2.45) is 0 Å². The number of sulfonamides is 1. The van der Waals surface area contributed by atoms with Crippen molar-refractivity contribution < 1.29 is 8.42 Å². The number of hydrogen-bond donors (Lipinski definition) is 3. The van der Waals surface area contributed by atoms with E-state index in [0.29, 0.717) is 12.1 Å². The molecule has 0 unspecified atom stereocenters. The first-order valence-corrected chi connectivity index (χ1v) is 8.47. The van der Waals surface area contributed by atoms with Gasteiger partial charge in [-0.1, -0.05) is 6.92 Å². The van der Waals surface area contributed by atoms with Crippen molar-refractivity contribution >= 4 is 21.4 Å². The number of rotatable bonds is 7. The molecule has 0 aliphatic rings. The fourth-order valence-corrected chi connectivity index (χ4v) is 3.60. The third kappa shape index (κ3) is 3.63. The van der Waals surface area contributed by atoms with E-state index < -0.39 is 10.0 Å². The summed E-state index contributed by atoms with van der Waals surface area (Å²) in [6.45, 7) is 5.29. The zero-order valence-corrected chi connectivity index (χ0v) is 12.9. The van der Waals surface area contributed by atoms with Gasteiger partial charge in [-0.25, -0.2) is 18.1 Å². The van der Waals surface area contributed by atoms with E-state index in [0.717, 1.165) is 16.4 Å². The molecule has 0 radical (unpaired) electrons. The van der Waals surface area contributed by atoms with E-state index in [9.17, 15) is 8.42 Å². The van der Waals surface area contributed by atoms with Gasteiger partial charge < -0.3 is 5.32 Å². The van der Waals surface area contributed by atoms with Crippen molar-refractivity contribution in [2.45, 2.75) is 32.0 Å². The van der Waals surface area contributed by atoms with Crippen LogP contribution >= 0.6 is 11.3 Å². The molecule has 0 saturated heterocycles. The molecule has 0 atom stereocenters. The van der Waals surface area contributed by atoms with Gasteiger partial charge in [0.2, 0.25) is 0 Å². The van der Waals surface area contributed by atoms with E-state index in [1.54, 1.807) is 6.20 Å². The molecular weight excluding hydrogens is 298 g/mol. The lowest BCUT2D eigenvalue weighted by Crippen LogP contribution is -2.25. The molecule has 2 aromatic rings. The molecule has 3 N–H and O–H groups in total. The Hall–Kier alpha value is -1.29. The first kappa shape index (κ1) is 15.1. The number of H-pyrrole nitrogens is 1. The summed E-state index contributed by atoms with van der Waals surface area (Å²) in [5.74, 6) is 0. The number of hydrogen-bond acceptors (Lipinski definition) is 6. The van der Waals surface area contributed by atoms with Gasteiger partial charge in [-0.3, -0.25) is 5.10 Å². The van der Waals surface area contributed by atoms with Crippen LogP contribution in [0.5, 0.6) is 0 Å². The highest BCUT2D eigenvalue weighted by molar-refractivity contribution is 7.89. The fourth-order valence-electron chi connectivity index (χ4n) is 1.64. The Morgan fingerprint density at radius 3 is 2.80 bits per heavy atom. The predicted octanol–water partition coefficient (Wildman–Crippen LogP) is 0.763. The number of aryl methyl sites for hydroxylation is 1. The van der Waals surface area contributed by atoms with Gasteiger partial charge in [0, 0.05) is 29.7 Å². The minimum absolute atomic E-state index is 0.111. The lowest BCUT2D eigenvalue weighted by Gasteiger charge is -2.06. The monoisotopic (exact) mass is 315 g/mol. The third-order valence-electron chi connectivity index (χ3n) is 2.62. The number of thiazole rings is 1. The van der Waals surface area contributed by atoms with Crippen LogP contribution in [-0.4, -0.2) is 30.1 Å². The molecule has 0 bridgehead atoms. The zero-order chi connectivity index (χ0) is 14.6. The summed E-state index contributed by atoms with van der Waals surface area (Å²) in [4.78, 5) is 4.97. The predicted molar refractivity (Wildman–Crippen MR) is 76.8 cm³/mol. The van der Waals surface area contributed by atoms with Crippen LogP contribution in [0.15, 0.2) is 17.4 Å². The summed E-state index contributed by atoms with van der Waals surface area (Å²) in [6.07, 6.45) is 3.20. The van der Waals surface area contributed by atoms with Gasteiger partial charge in [0.1, 0.15) is 0 Å². The molecule has 0 fully saturated rings. The van der Waals surface area contributed by atoms with Crippen molar-refractivity contribution in [3.63, 3.8) is 0 Å². The minimum Gasteiger partial charge on any atom is -0.313 e. The van der Waals surface area contributed by atoms with Gasteiger partial charge in [-0.2, -0.15) is 5.10 Å². The quantitative estimate of drug-likeness (QED) is 0.700. The second kappa shape index (κ2) is 6.44. The Morgan fingerprint density at radius 1 is 1.35 bits per heavy atom. The first-order valence-electron chi connectivity index (χ1n) is 6.17. The summed E-state index contributed by atoms with van der Waals surface area (Å²) < 4.78 is 27.0. The van der Waals surface area contributed by atoms with E-state index in [1.807, 2.05) is 13.8 Å². The van der Waals surface area contributed by atoms with Crippen molar-refractivity contribution in [1.29, 1.82) is 0 Å². The smallest absolute Gasteiger partial charge is 0.258 e. The highest BCUT2D eigenvalue weighted by Gasteiger charge is 2.20. The van der Waals surface area contributed by atoms with Gasteiger partial charge in [0.25, 0.3) is 10.0 Å². The number of aromatic nitrogens is 3. The molecule has 20 heavy (non-hydrogen) atoms. The van der Waals surface area contributed by atoms with Crippen LogP contribution in [-0.2, 0) is 23.1 Å². The maximum absolute atomic E-state index is 12.2. The molecule has 9 heteroatoms. The second-order valence-corrected chi connectivity index (χ2v) is 7.20. The molecular formula is C11H17N5O2S2. The van der Waals surface area contributed by atoms with E-state index in [4.69, 9.17) is 0 Å². The summed E-state index contributed by atoms with van der Waals surface area (Å²) >= 11 is 1.47. The van der Waals surface area contributed by atoms with Gasteiger partial charge >= 0.3 is 0 Å². The molecule has 0 spiro atoms. The lowest BCUT2D eigenvalue weighted by atomic mass is 10.3. The molecule has 0 saturated carbocycles. The van der Waals surface area contributed by atoms with Crippen LogP contribution in [0.1, 0.15) is 22.4 Å². The molecule has 0 aromatic carbocycles. The van der Waals surface area contributed by atoms with E-state index in [2.05, 4.69) is 25.2 Å². The van der Waals surface area contributed by atoms with Gasteiger partial charge in [0.05, 0.1) is 11.2 Å². The Labute approximate surface area is 121 Å². The summed E-state index contributed by atoms with van der Waals surface area (Å²) in [5.41, 5.74) is 0.625. The fraction of sp³-hybridized carbons (Fsp3) is 0.455. The van der Waals surface area contributed by atoms with Crippen molar-refractivity contribution in [1.82, 2.24) is 25.2 Å². The first-order chi connectivity index (χ1) is 9.53. The van der Waals surface area contributed by atoms with Crippen LogP contribution in [0.2, 0.25) is 0 Å². The highest BCUT2D eigenvalue weighted by Crippen LogP contribution is 2.15. The van der Waals surface area contributed by atoms with Crippen LogP contribution in [0, 0.1) is 6.92 Å². The van der Waals surface area contributed by atoms with Gasteiger partial charge in [-0.05, 0) is 13.5 Å². The summed E-state index contributed by atoms with van der Waals surface area (Å²) in [6, 6.07) is 0. The zero-order valence-electron chi connectivity index (χ0n) is 11.3. The second-order valence-electron chi connectivity index (χ2n) is 4.17. The summed E-state index contributed by atoms with van der Waals surface area (Å²) in [7, 11) is -3.60. The van der Waals surface area contributed by atoms with Gasteiger partial charge in [0.15, 0.2) is 5.03 Å². The Kier molecular flexibility index (Phi) is 4.86. The van der Waals surface area contributed by atoms with Crippen molar-refractivity contribution in [2.75, 3.05) is 6.54 Å². The molecule has 0 aliphatic heterocycles. The number of nitrogens with one attached hydrogen (secondary N) is 3. The van der Waals surface area contributed by atoms with Crippen LogP contribution in [0.3, 0.4) is 0 Å². The van der Waals surface area contributed by atoms with Crippen molar-refractivity contribution in [3.8, 4) is 0 Å². The average molecular weight is 315 g/mol. The SMILES string of the molecule is CCNCc1cn[nH]c1S(=O)(=O)NCc1cnc(C)s1. The van der Waals surface area contributed by atoms with Gasteiger partial charge in [-0.15, -0.1) is 11.3 Å². The van der Waals surface area contributed by atoms with Crippen LogP contribution < -0.4 is 10.0 Å². The molecule has 110 valence electrons. The standard InChI is InChI=1S/C11H17N5O2S2/c1-3-12-4-9-5-14-16-11(9)20(17,18)15-7-10-6-13-8(2)19-10/h5-6,12,15H,3-4,7H2,1-2H3,(H,14,16). The Bertz CT molecular complexity index is 662. The van der Waals surface area contributed by atoms with E-state index >= 15 is 0 Å². The molecule has 2 rings (SSSR count). The normalized spacial score (nSPS) is 11.9. The van der Waals surface area contributed by atoms with Crippen molar-refractivity contribution in [3.05, 3.63) is 27.8 Å². The number of nitrogens with zero attached hydrogens (tertiary/aromatic N) is 2. The molecule has 0 aliphatic carbocycles. The highest BCUT2D eigenvalue weighted by atomic mass is 32.2. The molecule has 2 aromatic heterocycles. The topological polar surface area (TPSA) is 99.8 Å². The summed E-state index contributed by atoms with van der Waals surface area (Å²) in [5, 5.41) is 10.5. The Balaban J connectivity index is 2.08.